The van der Waals surface area contributed by atoms with Gasteiger partial charge in [0, 0.05) is 15.4 Å². The van der Waals surface area contributed by atoms with E-state index in [1.807, 2.05) is 35.0 Å². The number of hydrogen-bond acceptors (Lipinski definition) is 3. The molecule has 0 bridgehead atoms. The number of carbonyl (C=O) groups excluding carboxylic acids is 1. The standard InChI is InChI=1S/C20H17BrN2O2/c1-4-5-15-8-11-17(20(24)25-3)19-18(15)12-22-23(19)13(2)14-6-9-16(21)10-7-14/h6-13H,1-3H3/t13-/m0/s1. The van der Waals surface area contributed by atoms with Crippen molar-refractivity contribution in [1.29, 1.82) is 0 Å². The first-order valence-corrected chi connectivity index (χ1v) is 8.63. The fourth-order valence-corrected chi connectivity index (χ4v) is 3.12. The first kappa shape index (κ1) is 17.2. The van der Waals surface area contributed by atoms with Gasteiger partial charge in [-0.25, -0.2) is 4.79 Å². The second-order valence-corrected chi connectivity index (χ2v) is 6.52. The zero-order valence-corrected chi connectivity index (χ0v) is 15.8. The second-order valence-electron chi connectivity index (χ2n) is 5.61. The zero-order chi connectivity index (χ0) is 18.0. The minimum Gasteiger partial charge on any atom is -0.465 e. The average Bonchev–Trinajstić information content (AvgIpc) is 3.07. The molecule has 5 heteroatoms. The van der Waals surface area contributed by atoms with Gasteiger partial charge in [0.05, 0.1) is 30.4 Å². The monoisotopic (exact) mass is 396 g/mol. The Balaban J connectivity index is 2.24. The summed E-state index contributed by atoms with van der Waals surface area (Å²) in [5.41, 5.74) is 3.17. The molecule has 1 atom stereocenters. The highest BCUT2D eigenvalue weighted by atomic mass is 79.9. The lowest BCUT2D eigenvalue weighted by Crippen LogP contribution is -2.12. The highest BCUT2D eigenvalue weighted by Gasteiger charge is 2.20. The zero-order valence-electron chi connectivity index (χ0n) is 14.2. The quantitative estimate of drug-likeness (QED) is 0.481. The van der Waals surface area contributed by atoms with E-state index in [1.165, 1.54) is 7.11 Å². The van der Waals surface area contributed by atoms with E-state index in [9.17, 15) is 4.79 Å². The molecule has 0 aliphatic heterocycles. The molecular weight excluding hydrogens is 380 g/mol. The summed E-state index contributed by atoms with van der Waals surface area (Å²) in [6, 6.07) is 11.6. The molecule has 3 rings (SSSR count). The summed E-state index contributed by atoms with van der Waals surface area (Å²) < 4.78 is 7.82. The van der Waals surface area contributed by atoms with Gasteiger partial charge >= 0.3 is 5.97 Å². The lowest BCUT2D eigenvalue weighted by atomic mass is 10.0. The first-order valence-electron chi connectivity index (χ1n) is 7.83. The van der Waals surface area contributed by atoms with Crippen LogP contribution in [0.5, 0.6) is 0 Å². The van der Waals surface area contributed by atoms with Crippen LogP contribution in [0, 0.1) is 11.8 Å². The van der Waals surface area contributed by atoms with Crippen LogP contribution in [0.15, 0.2) is 47.1 Å². The third kappa shape index (κ3) is 3.18. The molecule has 0 saturated heterocycles. The van der Waals surface area contributed by atoms with Gasteiger partial charge in [-0.05, 0) is 43.7 Å². The number of aromatic nitrogens is 2. The molecule has 0 aliphatic carbocycles. The van der Waals surface area contributed by atoms with E-state index in [-0.39, 0.29) is 12.0 Å². The summed E-state index contributed by atoms with van der Waals surface area (Å²) in [4.78, 5) is 12.2. The van der Waals surface area contributed by atoms with E-state index < -0.39 is 0 Å². The molecule has 0 amide bonds. The predicted octanol–water partition coefficient (Wildman–Crippen LogP) is 4.57. The summed E-state index contributed by atoms with van der Waals surface area (Å²) in [6.45, 7) is 3.84. The van der Waals surface area contributed by atoms with Crippen molar-refractivity contribution in [3.05, 3.63) is 63.8 Å². The number of nitrogens with zero attached hydrogens (tertiary/aromatic N) is 2. The highest BCUT2D eigenvalue weighted by molar-refractivity contribution is 9.10. The number of halogens is 1. The van der Waals surface area contributed by atoms with Crippen LogP contribution < -0.4 is 0 Å². The molecule has 2 aromatic carbocycles. The minimum atomic E-state index is -0.384. The van der Waals surface area contributed by atoms with E-state index in [4.69, 9.17) is 4.74 Å². The summed E-state index contributed by atoms with van der Waals surface area (Å²) >= 11 is 3.45. The Morgan fingerprint density at radius 1 is 1.24 bits per heavy atom. The Morgan fingerprint density at radius 2 is 1.96 bits per heavy atom. The van der Waals surface area contributed by atoms with Crippen LogP contribution in [0.25, 0.3) is 10.9 Å². The molecular formula is C20H17BrN2O2. The van der Waals surface area contributed by atoms with Crippen molar-refractivity contribution in [3.63, 3.8) is 0 Å². The number of rotatable bonds is 3. The molecule has 126 valence electrons. The second kappa shape index (κ2) is 7.12. The van der Waals surface area contributed by atoms with Gasteiger partial charge in [-0.15, -0.1) is 5.92 Å². The Morgan fingerprint density at radius 3 is 2.60 bits per heavy atom. The van der Waals surface area contributed by atoms with Crippen LogP contribution >= 0.6 is 15.9 Å². The van der Waals surface area contributed by atoms with Gasteiger partial charge in [-0.1, -0.05) is 34.0 Å². The maximum atomic E-state index is 12.2. The van der Waals surface area contributed by atoms with E-state index in [2.05, 4.69) is 39.8 Å². The molecule has 0 N–H and O–H groups in total. The number of ether oxygens (including phenoxy) is 1. The number of methoxy groups -OCH3 is 1. The van der Waals surface area contributed by atoms with Crippen molar-refractivity contribution >= 4 is 32.8 Å². The van der Waals surface area contributed by atoms with Gasteiger partial charge in [0.15, 0.2) is 0 Å². The van der Waals surface area contributed by atoms with Gasteiger partial charge in [0.2, 0.25) is 0 Å². The number of hydrogen-bond donors (Lipinski definition) is 0. The molecule has 0 radical (unpaired) electrons. The molecule has 25 heavy (non-hydrogen) atoms. The van der Waals surface area contributed by atoms with E-state index in [1.54, 1.807) is 19.2 Å². The van der Waals surface area contributed by atoms with E-state index in [0.717, 1.165) is 26.5 Å². The van der Waals surface area contributed by atoms with Gasteiger partial charge < -0.3 is 4.74 Å². The minimum absolute atomic E-state index is 0.0427. The Kier molecular flexibility index (Phi) is 4.91. The molecule has 3 aromatic rings. The highest BCUT2D eigenvalue weighted by Crippen LogP contribution is 2.29. The molecule has 1 heterocycles. The molecule has 1 aromatic heterocycles. The normalized spacial score (nSPS) is 11.7. The van der Waals surface area contributed by atoms with E-state index >= 15 is 0 Å². The average molecular weight is 397 g/mol. The van der Waals surface area contributed by atoms with Crippen LogP contribution in [0.3, 0.4) is 0 Å². The lowest BCUT2D eigenvalue weighted by molar-refractivity contribution is 0.0602. The van der Waals surface area contributed by atoms with Gasteiger partial charge in [-0.2, -0.15) is 5.10 Å². The SMILES string of the molecule is CC#Cc1ccc(C(=O)OC)c2c1cnn2[C@@H](C)c1ccc(Br)cc1. The van der Waals surface area contributed by atoms with Crippen molar-refractivity contribution in [2.24, 2.45) is 0 Å². The summed E-state index contributed by atoms with van der Waals surface area (Å²) in [7, 11) is 1.38. The van der Waals surface area contributed by atoms with Gasteiger partial charge in [-0.3, -0.25) is 4.68 Å². The molecule has 0 saturated carbocycles. The van der Waals surface area contributed by atoms with Crippen LogP contribution in [0.2, 0.25) is 0 Å². The van der Waals surface area contributed by atoms with E-state index in [0.29, 0.717) is 5.56 Å². The number of esters is 1. The molecule has 0 unspecified atom stereocenters. The topological polar surface area (TPSA) is 44.1 Å². The smallest absolute Gasteiger partial charge is 0.340 e. The van der Waals surface area contributed by atoms with Gasteiger partial charge in [0.25, 0.3) is 0 Å². The van der Waals surface area contributed by atoms with Crippen LogP contribution in [0.1, 0.15) is 41.4 Å². The van der Waals surface area contributed by atoms with Gasteiger partial charge in [0.1, 0.15) is 0 Å². The summed E-state index contributed by atoms with van der Waals surface area (Å²) in [5, 5.41) is 5.39. The Bertz CT molecular complexity index is 994. The Hall–Kier alpha value is -2.58. The number of benzene rings is 2. The van der Waals surface area contributed by atoms with Crippen LogP contribution in [0.4, 0.5) is 0 Å². The van der Waals surface area contributed by atoms with Crippen LogP contribution in [-0.4, -0.2) is 22.9 Å². The van der Waals surface area contributed by atoms with Crippen molar-refractivity contribution in [3.8, 4) is 11.8 Å². The fraction of sp³-hybridized carbons (Fsp3) is 0.200. The maximum Gasteiger partial charge on any atom is 0.340 e. The maximum absolute atomic E-state index is 12.2. The first-order chi connectivity index (χ1) is 12.1. The van der Waals surface area contributed by atoms with Crippen molar-refractivity contribution in [1.82, 2.24) is 9.78 Å². The predicted molar refractivity (Wildman–Crippen MR) is 102 cm³/mol. The molecule has 4 nitrogen and oxygen atoms in total. The summed E-state index contributed by atoms with van der Waals surface area (Å²) in [5.74, 6) is 5.60. The molecule has 0 aliphatic rings. The van der Waals surface area contributed by atoms with Crippen molar-refractivity contribution < 1.29 is 9.53 Å². The number of carbonyl (C=O) groups is 1. The molecule has 0 fully saturated rings. The fourth-order valence-electron chi connectivity index (χ4n) is 2.86. The third-order valence-corrected chi connectivity index (χ3v) is 4.67. The van der Waals surface area contributed by atoms with Crippen molar-refractivity contribution in [2.75, 3.05) is 7.11 Å². The molecule has 0 spiro atoms. The summed E-state index contributed by atoms with van der Waals surface area (Å²) in [6.07, 6.45) is 1.76. The van der Waals surface area contributed by atoms with Crippen LogP contribution in [-0.2, 0) is 4.74 Å². The lowest BCUT2D eigenvalue weighted by Gasteiger charge is -2.16. The number of fused-ring (bicyclic) bond motifs is 1. The van der Waals surface area contributed by atoms with Crippen molar-refractivity contribution in [2.45, 2.75) is 19.9 Å². The Labute approximate surface area is 154 Å². The third-order valence-electron chi connectivity index (χ3n) is 4.14. The largest absolute Gasteiger partial charge is 0.465 e.